The molecule has 4 rings (SSSR count). The Labute approximate surface area is 152 Å². The van der Waals surface area contributed by atoms with Crippen molar-refractivity contribution < 1.29 is 14.0 Å². The van der Waals surface area contributed by atoms with Crippen molar-refractivity contribution in [3.05, 3.63) is 47.7 Å². The predicted octanol–water partition coefficient (Wildman–Crippen LogP) is 2.75. The zero-order chi connectivity index (χ0) is 18.5. The van der Waals surface area contributed by atoms with Gasteiger partial charge in [-0.1, -0.05) is 13.8 Å². The molecule has 3 atom stereocenters. The van der Waals surface area contributed by atoms with Gasteiger partial charge in [0.05, 0.1) is 30.7 Å². The molecule has 0 aromatic carbocycles. The van der Waals surface area contributed by atoms with E-state index in [1.54, 1.807) is 30.5 Å². The highest BCUT2D eigenvalue weighted by molar-refractivity contribution is 6.00. The normalized spacial score (nSPS) is 29.7. The number of hydrogen-bond acceptors (Lipinski definition) is 5. The van der Waals surface area contributed by atoms with Crippen LogP contribution in [0.3, 0.4) is 0 Å². The van der Waals surface area contributed by atoms with Gasteiger partial charge >= 0.3 is 0 Å². The summed E-state index contributed by atoms with van der Waals surface area (Å²) in [6, 6.07) is 1.00. The summed E-state index contributed by atoms with van der Waals surface area (Å²) in [5.41, 5.74) is 2.29. The molecule has 0 bridgehead atoms. The van der Waals surface area contributed by atoms with Gasteiger partial charge in [-0.2, -0.15) is 0 Å². The molecule has 26 heavy (non-hydrogen) atoms. The first kappa shape index (κ1) is 16.8. The molecular formula is C20H23N3O3. The van der Waals surface area contributed by atoms with Crippen LogP contribution in [0, 0.1) is 5.41 Å². The van der Waals surface area contributed by atoms with Crippen molar-refractivity contribution in [2.75, 3.05) is 0 Å². The molecule has 136 valence electrons. The molecule has 1 aromatic heterocycles. The number of nitrogens with zero attached hydrogens (tertiary/aromatic N) is 2. The Morgan fingerprint density at radius 2 is 2.19 bits per heavy atom. The molecule has 1 amide bonds. The molecule has 0 fully saturated rings. The first-order valence-electron chi connectivity index (χ1n) is 8.91. The van der Waals surface area contributed by atoms with Crippen molar-refractivity contribution in [3.63, 3.8) is 0 Å². The van der Waals surface area contributed by atoms with Gasteiger partial charge in [-0.3, -0.25) is 14.6 Å². The molecule has 3 unspecified atom stereocenters. The minimum Gasteiger partial charge on any atom is -0.472 e. The van der Waals surface area contributed by atoms with E-state index in [9.17, 15) is 9.59 Å². The fourth-order valence-corrected chi connectivity index (χ4v) is 4.32. The second-order valence-electron chi connectivity index (χ2n) is 8.02. The van der Waals surface area contributed by atoms with Gasteiger partial charge in [0.1, 0.15) is 0 Å². The van der Waals surface area contributed by atoms with Crippen LogP contribution in [0.1, 0.15) is 45.2 Å². The number of nitrogens with one attached hydrogen (secondary N) is 1. The number of fused-ring (bicyclic) bond motifs is 1. The summed E-state index contributed by atoms with van der Waals surface area (Å²) in [6.07, 6.45) is 9.87. The van der Waals surface area contributed by atoms with E-state index in [0.29, 0.717) is 12.0 Å². The zero-order valence-electron chi connectivity index (χ0n) is 15.2. The van der Waals surface area contributed by atoms with E-state index in [1.165, 1.54) is 0 Å². The maximum absolute atomic E-state index is 13.2. The van der Waals surface area contributed by atoms with E-state index in [0.717, 1.165) is 17.7 Å². The Morgan fingerprint density at radius 1 is 1.38 bits per heavy atom. The van der Waals surface area contributed by atoms with Crippen molar-refractivity contribution >= 4 is 17.9 Å². The Kier molecular flexibility index (Phi) is 3.86. The highest BCUT2D eigenvalue weighted by Crippen LogP contribution is 2.45. The first-order valence-corrected chi connectivity index (χ1v) is 8.91. The summed E-state index contributed by atoms with van der Waals surface area (Å²) in [4.78, 5) is 31.9. The van der Waals surface area contributed by atoms with Gasteiger partial charge in [0.25, 0.3) is 0 Å². The molecule has 1 N–H and O–H groups in total. The maximum Gasteiger partial charge on any atom is 0.220 e. The maximum atomic E-state index is 13.2. The Hall–Kier alpha value is -2.63. The third kappa shape index (κ3) is 2.69. The second-order valence-corrected chi connectivity index (χ2v) is 8.02. The molecule has 1 aliphatic carbocycles. The minimum atomic E-state index is -0.455. The van der Waals surface area contributed by atoms with Gasteiger partial charge in [0.15, 0.2) is 5.78 Å². The van der Waals surface area contributed by atoms with Crippen LogP contribution >= 0.6 is 0 Å². The van der Waals surface area contributed by atoms with E-state index in [2.05, 4.69) is 24.2 Å². The smallest absolute Gasteiger partial charge is 0.220 e. The number of ketones is 1. The average molecular weight is 353 g/mol. The highest BCUT2D eigenvalue weighted by atomic mass is 16.3. The first-order chi connectivity index (χ1) is 12.4. The number of hydrogen-bond donors (Lipinski definition) is 1. The van der Waals surface area contributed by atoms with Crippen molar-refractivity contribution in [1.82, 2.24) is 10.2 Å². The van der Waals surface area contributed by atoms with Crippen molar-refractivity contribution in [2.24, 2.45) is 10.4 Å². The lowest BCUT2D eigenvalue weighted by Gasteiger charge is -2.38. The van der Waals surface area contributed by atoms with Crippen LogP contribution in [0.15, 0.2) is 51.5 Å². The molecule has 6 heteroatoms. The van der Waals surface area contributed by atoms with Crippen LogP contribution in [0.5, 0.6) is 0 Å². The lowest BCUT2D eigenvalue weighted by atomic mass is 9.73. The predicted molar refractivity (Wildman–Crippen MR) is 97.4 cm³/mol. The summed E-state index contributed by atoms with van der Waals surface area (Å²) in [5, 5.41) is 3.52. The Balaban J connectivity index is 1.93. The molecular weight excluding hydrogens is 330 g/mol. The van der Waals surface area contributed by atoms with Gasteiger partial charge in [0.2, 0.25) is 5.91 Å². The zero-order valence-corrected chi connectivity index (χ0v) is 15.2. The SMILES string of the molecule is CC(=O)N1C(c2ccoc2)C2=C(CC(C)(C)CC2=O)NC2C=NC=CC21. The average Bonchev–Trinajstić information content (AvgIpc) is 3.02. The van der Waals surface area contributed by atoms with Crippen LogP contribution < -0.4 is 5.32 Å². The van der Waals surface area contributed by atoms with E-state index in [1.807, 2.05) is 18.4 Å². The summed E-state index contributed by atoms with van der Waals surface area (Å²) in [6.45, 7) is 5.75. The number of carbonyl (C=O) groups excluding carboxylic acids is 2. The number of Topliss-reactive ketones (excluding diaryl/α,β-unsaturated/α-hetero) is 1. The third-order valence-electron chi connectivity index (χ3n) is 5.34. The Morgan fingerprint density at radius 3 is 2.88 bits per heavy atom. The number of aliphatic imine (C=N–C) groups is 1. The lowest BCUT2D eigenvalue weighted by molar-refractivity contribution is -0.132. The Bertz CT molecular complexity index is 832. The standard InChI is InChI=1S/C20H23N3O3/c1-12(24)23-16-4-6-21-10-15(16)22-14-8-20(2,3)9-17(25)18(14)19(23)13-5-7-26-11-13/h4-7,10-11,15-16,19,22H,8-9H2,1-3H3. The monoisotopic (exact) mass is 353 g/mol. The van der Waals surface area contributed by atoms with Gasteiger partial charge < -0.3 is 14.6 Å². The molecule has 2 aliphatic heterocycles. The number of amides is 1. The molecule has 3 heterocycles. The van der Waals surface area contributed by atoms with E-state index in [-0.39, 0.29) is 29.2 Å². The largest absolute Gasteiger partial charge is 0.472 e. The van der Waals surface area contributed by atoms with E-state index in [4.69, 9.17) is 4.42 Å². The van der Waals surface area contributed by atoms with Crippen LogP contribution in [0.25, 0.3) is 0 Å². The molecule has 6 nitrogen and oxygen atoms in total. The number of allylic oxidation sites excluding steroid dienone is 1. The summed E-state index contributed by atoms with van der Waals surface area (Å²) < 4.78 is 5.29. The lowest BCUT2D eigenvalue weighted by Crippen LogP contribution is -2.51. The highest BCUT2D eigenvalue weighted by Gasteiger charge is 2.46. The summed E-state index contributed by atoms with van der Waals surface area (Å²) in [5.74, 6) is 0.0000916. The van der Waals surface area contributed by atoms with Crippen molar-refractivity contribution in [1.29, 1.82) is 0 Å². The molecule has 1 aromatic rings. The van der Waals surface area contributed by atoms with Gasteiger partial charge in [-0.05, 0) is 24.0 Å². The topological polar surface area (TPSA) is 74.9 Å². The summed E-state index contributed by atoms with van der Waals surface area (Å²) in [7, 11) is 0. The minimum absolute atomic E-state index is 0.0840. The van der Waals surface area contributed by atoms with Crippen LogP contribution in [-0.2, 0) is 9.59 Å². The number of furan rings is 1. The molecule has 0 saturated carbocycles. The van der Waals surface area contributed by atoms with Crippen LogP contribution in [0.4, 0.5) is 0 Å². The van der Waals surface area contributed by atoms with Crippen LogP contribution in [-0.4, -0.2) is 34.9 Å². The molecule has 0 spiro atoms. The molecule has 0 saturated heterocycles. The third-order valence-corrected chi connectivity index (χ3v) is 5.34. The van der Waals surface area contributed by atoms with Gasteiger partial charge in [-0.25, -0.2) is 0 Å². The van der Waals surface area contributed by atoms with Crippen molar-refractivity contribution in [2.45, 2.75) is 51.7 Å². The molecule has 0 radical (unpaired) electrons. The van der Waals surface area contributed by atoms with E-state index >= 15 is 0 Å². The van der Waals surface area contributed by atoms with Gasteiger partial charge in [0, 0.05) is 42.6 Å². The van der Waals surface area contributed by atoms with Gasteiger partial charge in [-0.15, -0.1) is 0 Å². The number of rotatable bonds is 1. The summed E-state index contributed by atoms with van der Waals surface area (Å²) >= 11 is 0. The quantitative estimate of drug-likeness (QED) is 0.842. The van der Waals surface area contributed by atoms with E-state index < -0.39 is 6.04 Å². The molecule has 3 aliphatic rings. The van der Waals surface area contributed by atoms with Crippen molar-refractivity contribution in [3.8, 4) is 0 Å². The van der Waals surface area contributed by atoms with Crippen LogP contribution in [0.2, 0.25) is 0 Å². The second kappa shape index (κ2) is 5.97. The fourth-order valence-electron chi connectivity index (χ4n) is 4.32. The number of carbonyl (C=O) groups is 2. The fraction of sp³-hybridized carbons (Fsp3) is 0.450.